The summed E-state index contributed by atoms with van der Waals surface area (Å²) >= 11 is 0. The lowest BCUT2D eigenvalue weighted by Crippen LogP contribution is -2.03. The first-order chi connectivity index (χ1) is 6.92. The molecule has 0 saturated carbocycles. The molecule has 0 aliphatic carbocycles. The Balaban J connectivity index is 2.36. The van der Waals surface area contributed by atoms with Crippen LogP contribution in [-0.4, -0.2) is 18.6 Å². The molecule has 1 aromatic carbocycles. The van der Waals surface area contributed by atoms with E-state index in [-0.39, 0.29) is 0 Å². The summed E-state index contributed by atoms with van der Waals surface area (Å²) in [4.78, 5) is 3.24. The Morgan fingerprint density at radius 3 is 3.14 bits per heavy atom. The fourth-order valence-electron chi connectivity index (χ4n) is 1.55. The number of hydrogen-bond acceptors (Lipinski definition) is 1. The average molecular weight is 186 g/mol. The minimum Gasteiger partial charge on any atom is -0.361 e. The summed E-state index contributed by atoms with van der Waals surface area (Å²) in [6, 6.07) is 8.40. The van der Waals surface area contributed by atoms with Crippen LogP contribution >= 0.6 is 0 Å². The zero-order chi connectivity index (χ0) is 9.80. The summed E-state index contributed by atoms with van der Waals surface area (Å²) in [6.07, 6.45) is 6.23. The van der Waals surface area contributed by atoms with Crippen molar-refractivity contribution in [3.63, 3.8) is 0 Å². The van der Waals surface area contributed by atoms with Crippen LogP contribution in [0.2, 0.25) is 0 Å². The standard InChI is InChI=1S/C12H14N2/c1-13-8-3-6-10-4-2-5-11-7-9-14-12(10)11/h2-7,9,13-14H,8H2,1H3. The van der Waals surface area contributed by atoms with Crippen LogP contribution in [0.5, 0.6) is 0 Å². The van der Waals surface area contributed by atoms with Gasteiger partial charge in [0.25, 0.3) is 0 Å². The van der Waals surface area contributed by atoms with Crippen molar-refractivity contribution in [1.82, 2.24) is 10.3 Å². The van der Waals surface area contributed by atoms with Gasteiger partial charge in [-0.2, -0.15) is 0 Å². The van der Waals surface area contributed by atoms with Crippen molar-refractivity contribution in [2.75, 3.05) is 13.6 Å². The molecule has 2 nitrogen and oxygen atoms in total. The molecule has 0 aliphatic rings. The van der Waals surface area contributed by atoms with E-state index in [1.54, 1.807) is 0 Å². The van der Waals surface area contributed by atoms with Crippen molar-refractivity contribution in [3.05, 3.63) is 42.1 Å². The van der Waals surface area contributed by atoms with Gasteiger partial charge in [-0.05, 0) is 24.1 Å². The van der Waals surface area contributed by atoms with Gasteiger partial charge in [0.2, 0.25) is 0 Å². The molecule has 0 radical (unpaired) electrons. The van der Waals surface area contributed by atoms with Gasteiger partial charge in [0.05, 0.1) is 5.52 Å². The predicted molar refractivity (Wildman–Crippen MR) is 61.3 cm³/mol. The highest BCUT2D eigenvalue weighted by atomic mass is 14.8. The van der Waals surface area contributed by atoms with Gasteiger partial charge in [0.15, 0.2) is 0 Å². The third-order valence-corrected chi connectivity index (χ3v) is 2.24. The maximum atomic E-state index is 3.24. The topological polar surface area (TPSA) is 27.8 Å². The van der Waals surface area contributed by atoms with Crippen LogP contribution in [0.4, 0.5) is 0 Å². The van der Waals surface area contributed by atoms with Crippen LogP contribution in [0.15, 0.2) is 36.5 Å². The molecule has 0 aliphatic heterocycles. The average Bonchev–Trinajstić information content (AvgIpc) is 2.67. The second kappa shape index (κ2) is 4.11. The Hall–Kier alpha value is -1.54. The van der Waals surface area contributed by atoms with Crippen LogP contribution in [0, 0.1) is 0 Å². The van der Waals surface area contributed by atoms with Gasteiger partial charge in [-0.1, -0.05) is 30.4 Å². The summed E-state index contributed by atoms with van der Waals surface area (Å²) in [5.41, 5.74) is 2.45. The molecular weight excluding hydrogens is 172 g/mol. The lowest BCUT2D eigenvalue weighted by atomic mass is 10.1. The SMILES string of the molecule is CNCC=Cc1cccc2cc[nH]c12. The van der Waals surface area contributed by atoms with Gasteiger partial charge >= 0.3 is 0 Å². The maximum absolute atomic E-state index is 3.24. The van der Waals surface area contributed by atoms with Crippen molar-refractivity contribution in [2.45, 2.75) is 0 Å². The summed E-state index contributed by atoms with van der Waals surface area (Å²) in [5.74, 6) is 0. The molecule has 0 amide bonds. The minimum absolute atomic E-state index is 0.900. The third-order valence-electron chi connectivity index (χ3n) is 2.24. The molecule has 1 heterocycles. The molecule has 72 valence electrons. The highest BCUT2D eigenvalue weighted by molar-refractivity contribution is 5.87. The second-order valence-corrected chi connectivity index (χ2v) is 3.25. The number of hydrogen-bond donors (Lipinski definition) is 2. The lowest BCUT2D eigenvalue weighted by molar-refractivity contribution is 0.922. The van der Waals surface area contributed by atoms with Gasteiger partial charge in [-0.25, -0.2) is 0 Å². The van der Waals surface area contributed by atoms with Crippen LogP contribution in [0.1, 0.15) is 5.56 Å². The van der Waals surface area contributed by atoms with E-state index in [2.05, 4.69) is 46.7 Å². The third kappa shape index (κ3) is 1.70. The largest absolute Gasteiger partial charge is 0.361 e. The number of nitrogens with one attached hydrogen (secondary N) is 2. The number of H-pyrrole nitrogens is 1. The normalized spacial score (nSPS) is 11.5. The summed E-state index contributed by atoms with van der Waals surface area (Å²) in [6.45, 7) is 0.900. The van der Waals surface area contributed by atoms with E-state index in [9.17, 15) is 0 Å². The van der Waals surface area contributed by atoms with Crippen molar-refractivity contribution in [3.8, 4) is 0 Å². The fraction of sp³-hybridized carbons (Fsp3) is 0.167. The van der Waals surface area contributed by atoms with E-state index in [0.29, 0.717) is 0 Å². The molecule has 0 atom stereocenters. The summed E-state index contributed by atoms with van der Waals surface area (Å²) in [7, 11) is 1.94. The van der Waals surface area contributed by atoms with E-state index in [1.165, 1.54) is 16.5 Å². The monoisotopic (exact) mass is 186 g/mol. The number of para-hydroxylation sites is 1. The van der Waals surface area contributed by atoms with Gasteiger partial charge in [0.1, 0.15) is 0 Å². The first-order valence-electron chi connectivity index (χ1n) is 4.79. The number of likely N-dealkylation sites (N-methyl/N-ethyl adjacent to an activating group) is 1. The molecule has 0 saturated heterocycles. The van der Waals surface area contributed by atoms with Gasteiger partial charge in [0, 0.05) is 12.7 Å². The van der Waals surface area contributed by atoms with Gasteiger partial charge in [-0.3, -0.25) is 0 Å². The summed E-state index contributed by atoms with van der Waals surface area (Å²) in [5, 5.41) is 4.34. The second-order valence-electron chi connectivity index (χ2n) is 3.25. The number of fused-ring (bicyclic) bond motifs is 1. The van der Waals surface area contributed by atoms with Gasteiger partial charge < -0.3 is 10.3 Å². The zero-order valence-corrected chi connectivity index (χ0v) is 8.25. The molecule has 0 bridgehead atoms. The molecule has 2 rings (SSSR count). The lowest BCUT2D eigenvalue weighted by Gasteiger charge is -1.96. The number of aromatic nitrogens is 1. The molecule has 1 aromatic heterocycles. The Bertz CT molecular complexity index is 440. The Morgan fingerprint density at radius 1 is 1.36 bits per heavy atom. The Kier molecular flexibility index (Phi) is 2.65. The van der Waals surface area contributed by atoms with E-state index in [4.69, 9.17) is 0 Å². The van der Waals surface area contributed by atoms with E-state index in [0.717, 1.165) is 6.54 Å². The first-order valence-corrected chi connectivity index (χ1v) is 4.79. The zero-order valence-electron chi connectivity index (χ0n) is 8.25. The fourth-order valence-corrected chi connectivity index (χ4v) is 1.55. The smallest absolute Gasteiger partial charge is 0.0527 e. The van der Waals surface area contributed by atoms with Crippen LogP contribution < -0.4 is 5.32 Å². The summed E-state index contributed by atoms with van der Waals surface area (Å²) < 4.78 is 0. The maximum Gasteiger partial charge on any atom is 0.0527 e. The molecule has 2 aromatic rings. The first kappa shape index (κ1) is 9.03. The number of aromatic amines is 1. The predicted octanol–water partition coefficient (Wildman–Crippen LogP) is 2.40. The highest BCUT2D eigenvalue weighted by Gasteiger charge is 1.96. The van der Waals surface area contributed by atoms with E-state index in [1.807, 2.05) is 13.2 Å². The van der Waals surface area contributed by atoms with Crippen molar-refractivity contribution < 1.29 is 0 Å². The van der Waals surface area contributed by atoms with Crippen LogP contribution in [-0.2, 0) is 0 Å². The molecule has 2 heteroatoms. The highest BCUT2D eigenvalue weighted by Crippen LogP contribution is 2.17. The van der Waals surface area contributed by atoms with Crippen LogP contribution in [0.25, 0.3) is 17.0 Å². The van der Waals surface area contributed by atoms with Crippen molar-refractivity contribution in [2.24, 2.45) is 0 Å². The minimum atomic E-state index is 0.900. The van der Waals surface area contributed by atoms with E-state index >= 15 is 0 Å². The van der Waals surface area contributed by atoms with Crippen LogP contribution in [0.3, 0.4) is 0 Å². The number of rotatable bonds is 3. The van der Waals surface area contributed by atoms with Crippen molar-refractivity contribution in [1.29, 1.82) is 0 Å². The van der Waals surface area contributed by atoms with Crippen molar-refractivity contribution >= 4 is 17.0 Å². The molecule has 0 spiro atoms. The molecule has 0 fully saturated rings. The quantitative estimate of drug-likeness (QED) is 0.757. The molecule has 14 heavy (non-hydrogen) atoms. The van der Waals surface area contributed by atoms with E-state index < -0.39 is 0 Å². The Labute approximate surface area is 83.6 Å². The molecule has 2 N–H and O–H groups in total. The molecular formula is C12H14N2. The number of benzene rings is 1. The Morgan fingerprint density at radius 2 is 2.29 bits per heavy atom. The molecule has 0 unspecified atom stereocenters. The van der Waals surface area contributed by atoms with Gasteiger partial charge in [-0.15, -0.1) is 0 Å².